The fourth-order valence-corrected chi connectivity index (χ4v) is 2.88. The van der Waals surface area contributed by atoms with Gasteiger partial charge in [-0.15, -0.1) is 11.3 Å². The maximum absolute atomic E-state index is 10.7. The highest BCUT2D eigenvalue weighted by molar-refractivity contribution is 7.10. The van der Waals surface area contributed by atoms with E-state index in [2.05, 4.69) is 18.3 Å². The molecule has 0 bridgehead atoms. The van der Waals surface area contributed by atoms with Gasteiger partial charge in [0.2, 0.25) is 0 Å². The molecule has 0 spiro atoms. The minimum absolute atomic E-state index is 0.000257. The van der Waals surface area contributed by atoms with Crippen molar-refractivity contribution in [2.75, 3.05) is 5.32 Å². The fraction of sp³-hybridized carbons (Fsp3) is 0.231. The Morgan fingerprint density at radius 2 is 2.26 bits per heavy atom. The van der Waals surface area contributed by atoms with Gasteiger partial charge in [0.15, 0.2) is 0 Å². The molecule has 19 heavy (non-hydrogen) atoms. The predicted molar refractivity (Wildman–Crippen MR) is 79.1 cm³/mol. The van der Waals surface area contributed by atoms with Gasteiger partial charge in [-0.05, 0) is 23.9 Å². The number of benzene rings is 1. The Morgan fingerprint density at radius 3 is 2.79 bits per heavy atom. The number of nitrogens with one attached hydrogen (secondary N) is 1. The summed E-state index contributed by atoms with van der Waals surface area (Å²) in [5.74, 6) is 0. The largest absolute Gasteiger partial charge is 0.376 e. The first-order valence-corrected chi connectivity index (χ1v) is 7.11. The number of hydrogen-bond acceptors (Lipinski definition) is 4. The Morgan fingerprint density at radius 1 is 1.47 bits per heavy atom. The number of anilines is 1. The summed E-state index contributed by atoms with van der Waals surface area (Å²) in [5, 5.41) is 16.4. The minimum atomic E-state index is -0.452. The van der Waals surface area contributed by atoms with E-state index in [4.69, 9.17) is 11.6 Å². The van der Waals surface area contributed by atoms with Crippen molar-refractivity contribution >= 4 is 34.3 Å². The average molecular weight is 297 g/mol. The van der Waals surface area contributed by atoms with E-state index in [0.717, 1.165) is 6.42 Å². The van der Waals surface area contributed by atoms with E-state index >= 15 is 0 Å². The smallest absolute Gasteiger partial charge is 0.271 e. The molecule has 2 rings (SSSR count). The van der Waals surface area contributed by atoms with Crippen molar-refractivity contribution in [1.29, 1.82) is 0 Å². The Labute approximate surface area is 120 Å². The molecule has 0 amide bonds. The van der Waals surface area contributed by atoms with Crippen LogP contribution in [0, 0.1) is 10.1 Å². The minimum Gasteiger partial charge on any atom is -0.376 e. The third-order valence-electron chi connectivity index (χ3n) is 2.79. The molecule has 100 valence electrons. The van der Waals surface area contributed by atoms with Crippen molar-refractivity contribution in [2.45, 2.75) is 19.4 Å². The second-order valence-corrected chi connectivity index (χ2v) is 5.43. The second-order valence-electron chi connectivity index (χ2n) is 4.04. The molecule has 1 unspecified atom stereocenters. The third kappa shape index (κ3) is 3.24. The van der Waals surface area contributed by atoms with E-state index < -0.39 is 4.92 Å². The van der Waals surface area contributed by atoms with Crippen LogP contribution in [0.1, 0.15) is 24.3 Å². The molecule has 1 aromatic carbocycles. The van der Waals surface area contributed by atoms with Crippen LogP contribution in [-0.4, -0.2) is 4.92 Å². The van der Waals surface area contributed by atoms with Crippen LogP contribution in [0.4, 0.5) is 11.4 Å². The van der Waals surface area contributed by atoms with Gasteiger partial charge in [-0.1, -0.05) is 24.6 Å². The summed E-state index contributed by atoms with van der Waals surface area (Å²) in [6.07, 6.45) is 0.911. The number of nitro benzene ring substituents is 1. The third-order valence-corrected chi connectivity index (χ3v) is 4.09. The van der Waals surface area contributed by atoms with Crippen LogP contribution < -0.4 is 5.32 Å². The Bertz CT molecular complexity index is 572. The quantitative estimate of drug-likeness (QED) is 0.632. The summed E-state index contributed by atoms with van der Waals surface area (Å²) < 4.78 is 0. The number of non-ortho nitro benzene ring substituents is 1. The van der Waals surface area contributed by atoms with Gasteiger partial charge in [0.05, 0.1) is 21.7 Å². The van der Waals surface area contributed by atoms with Gasteiger partial charge in [-0.25, -0.2) is 0 Å². The van der Waals surface area contributed by atoms with Crippen molar-refractivity contribution in [3.8, 4) is 0 Å². The second kappa shape index (κ2) is 6.04. The van der Waals surface area contributed by atoms with Gasteiger partial charge in [-0.3, -0.25) is 10.1 Å². The highest BCUT2D eigenvalue weighted by Crippen LogP contribution is 2.32. The molecule has 2 aromatic rings. The number of nitrogens with zero attached hydrogens (tertiary/aromatic N) is 1. The first kappa shape index (κ1) is 13.8. The lowest BCUT2D eigenvalue weighted by atomic mass is 10.1. The van der Waals surface area contributed by atoms with Crippen LogP contribution in [0.3, 0.4) is 0 Å². The summed E-state index contributed by atoms with van der Waals surface area (Å²) >= 11 is 7.75. The van der Waals surface area contributed by atoms with Crippen molar-refractivity contribution in [1.82, 2.24) is 0 Å². The summed E-state index contributed by atoms with van der Waals surface area (Å²) in [6, 6.07) is 8.70. The zero-order valence-electron chi connectivity index (χ0n) is 10.3. The van der Waals surface area contributed by atoms with Gasteiger partial charge in [-0.2, -0.15) is 0 Å². The highest BCUT2D eigenvalue weighted by atomic mass is 35.5. The molecule has 0 fully saturated rings. The molecular weight excluding hydrogens is 284 g/mol. The maximum Gasteiger partial charge on any atom is 0.271 e. The number of thiophene rings is 1. The molecule has 4 nitrogen and oxygen atoms in total. The van der Waals surface area contributed by atoms with Crippen molar-refractivity contribution < 1.29 is 4.92 Å². The topological polar surface area (TPSA) is 55.2 Å². The summed E-state index contributed by atoms with van der Waals surface area (Å²) in [7, 11) is 0. The first-order valence-electron chi connectivity index (χ1n) is 5.85. The molecule has 1 heterocycles. The average Bonchev–Trinajstić information content (AvgIpc) is 2.91. The normalized spacial score (nSPS) is 12.1. The molecule has 1 N–H and O–H groups in total. The molecule has 6 heteroatoms. The van der Waals surface area contributed by atoms with Crippen molar-refractivity contribution in [3.05, 3.63) is 55.7 Å². The van der Waals surface area contributed by atoms with E-state index in [0.29, 0.717) is 10.7 Å². The van der Waals surface area contributed by atoms with E-state index in [1.54, 1.807) is 17.4 Å². The highest BCUT2D eigenvalue weighted by Gasteiger charge is 2.14. The van der Waals surface area contributed by atoms with Gasteiger partial charge >= 0.3 is 0 Å². The molecular formula is C13H13ClN2O2S. The van der Waals surface area contributed by atoms with Crippen LogP contribution >= 0.6 is 22.9 Å². The van der Waals surface area contributed by atoms with E-state index in [1.807, 2.05) is 11.4 Å². The lowest BCUT2D eigenvalue weighted by Gasteiger charge is -2.17. The van der Waals surface area contributed by atoms with Gasteiger partial charge in [0.25, 0.3) is 5.69 Å². The molecule has 0 aliphatic carbocycles. The number of halogens is 1. The standard InChI is InChI=1S/C13H13ClN2O2S/c1-2-11(13-4-3-7-19-13)15-12-6-5-9(16(17)18)8-10(12)14/h3-8,11,15H,2H2,1H3. The van der Waals surface area contributed by atoms with Gasteiger partial charge in [0, 0.05) is 17.0 Å². The lowest BCUT2D eigenvalue weighted by Crippen LogP contribution is -2.08. The van der Waals surface area contributed by atoms with Crippen LogP contribution in [0.2, 0.25) is 5.02 Å². The molecule has 1 aromatic heterocycles. The molecule has 0 aliphatic rings. The van der Waals surface area contributed by atoms with E-state index in [9.17, 15) is 10.1 Å². The number of rotatable bonds is 5. The zero-order chi connectivity index (χ0) is 13.8. The summed E-state index contributed by atoms with van der Waals surface area (Å²) in [6.45, 7) is 2.08. The molecule has 0 saturated heterocycles. The molecule has 1 atom stereocenters. The van der Waals surface area contributed by atoms with E-state index in [1.165, 1.54) is 17.0 Å². The van der Waals surface area contributed by atoms with Crippen molar-refractivity contribution in [3.63, 3.8) is 0 Å². The SMILES string of the molecule is CCC(Nc1ccc([N+](=O)[O-])cc1Cl)c1cccs1. The zero-order valence-corrected chi connectivity index (χ0v) is 11.9. The molecule has 0 radical (unpaired) electrons. The van der Waals surface area contributed by atoms with Crippen LogP contribution in [-0.2, 0) is 0 Å². The predicted octanol–water partition coefficient (Wildman–Crippen LogP) is 4.87. The first-order chi connectivity index (χ1) is 9.11. The Balaban J connectivity index is 2.21. The van der Waals surface area contributed by atoms with Crippen LogP contribution in [0.5, 0.6) is 0 Å². The number of nitro groups is 1. The lowest BCUT2D eigenvalue weighted by molar-refractivity contribution is -0.384. The Kier molecular flexibility index (Phi) is 4.39. The van der Waals surface area contributed by atoms with Crippen molar-refractivity contribution in [2.24, 2.45) is 0 Å². The van der Waals surface area contributed by atoms with Gasteiger partial charge in [0.1, 0.15) is 0 Å². The van der Waals surface area contributed by atoms with Crippen LogP contribution in [0.15, 0.2) is 35.7 Å². The summed E-state index contributed by atoms with van der Waals surface area (Å²) in [4.78, 5) is 11.4. The molecule has 0 aliphatic heterocycles. The molecule has 0 saturated carbocycles. The monoisotopic (exact) mass is 296 g/mol. The maximum atomic E-state index is 10.7. The Hall–Kier alpha value is -1.59. The number of hydrogen-bond donors (Lipinski definition) is 1. The van der Waals surface area contributed by atoms with E-state index in [-0.39, 0.29) is 11.7 Å². The fourth-order valence-electron chi connectivity index (χ4n) is 1.79. The van der Waals surface area contributed by atoms with Crippen LogP contribution in [0.25, 0.3) is 0 Å². The van der Waals surface area contributed by atoms with Gasteiger partial charge < -0.3 is 5.32 Å². The summed E-state index contributed by atoms with van der Waals surface area (Å²) in [5.41, 5.74) is 0.715.